The average Bonchev–Trinajstić information content (AvgIpc) is 3.28. The van der Waals surface area contributed by atoms with E-state index in [9.17, 15) is 15.2 Å². The van der Waals surface area contributed by atoms with Gasteiger partial charge >= 0.3 is 0 Å². The molecule has 0 aliphatic rings. The van der Waals surface area contributed by atoms with Crippen LogP contribution >= 0.6 is 11.8 Å². The number of thioether (sulfide) groups is 1. The Morgan fingerprint density at radius 2 is 1.80 bits per heavy atom. The van der Waals surface area contributed by atoms with Crippen LogP contribution < -0.4 is 5.56 Å². The summed E-state index contributed by atoms with van der Waals surface area (Å²) in [5.41, 5.74) is 4.66. The number of nitriles is 1. The molecule has 3 aromatic carbocycles. The van der Waals surface area contributed by atoms with Gasteiger partial charge in [0.25, 0.3) is 5.56 Å². The van der Waals surface area contributed by atoms with Crippen molar-refractivity contribution < 1.29 is 5.11 Å². The van der Waals surface area contributed by atoms with Crippen LogP contribution in [0.4, 0.5) is 0 Å². The van der Waals surface area contributed by atoms with Gasteiger partial charge in [-0.3, -0.25) is 9.36 Å². The van der Waals surface area contributed by atoms with Crippen LogP contribution in [0.5, 0.6) is 0 Å². The van der Waals surface area contributed by atoms with E-state index in [1.54, 1.807) is 16.7 Å². The Hall–Kier alpha value is -4.35. The fourth-order valence-corrected chi connectivity index (χ4v) is 4.89. The fourth-order valence-electron chi connectivity index (χ4n) is 4.01. The van der Waals surface area contributed by atoms with Crippen LogP contribution in [0.15, 0.2) is 82.4 Å². The van der Waals surface area contributed by atoms with Crippen molar-refractivity contribution in [3.05, 3.63) is 99.8 Å². The summed E-state index contributed by atoms with van der Waals surface area (Å²) >= 11 is 1.19. The molecule has 0 spiro atoms. The first-order chi connectivity index (χ1) is 17.0. The van der Waals surface area contributed by atoms with Crippen LogP contribution in [0.1, 0.15) is 17.0 Å². The summed E-state index contributed by atoms with van der Waals surface area (Å²) < 4.78 is 1.57. The molecule has 0 aliphatic heterocycles. The number of fused-ring (bicyclic) bond motifs is 2. The van der Waals surface area contributed by atoms with E-state index >= 15 is 0 Å². The highest BCUT2D eigenvalue weighted by atomic mass is 32.2. The molecule has 172 valence electrons. The number of nitrogens with zero attached hydrogens (tertiary/aromatic N) is 4. The molecule has 5 aromatic rings. The Balaban J connectivity index is 1.59. The molecule has 2 aromatic heterocycles. The van der Waals surface area contributed by atoms with Gasteiger partial charge in [0.05, 0.1) is 33.4 Å². The second kappa shape index (κ2) is 9.12. The number of allylic oxidation sites excluding steroid dienone is 1. The first kappa shape index (κ1) is 22.4. The molecule has 0 bridgehead atoms. The van der Waals surface area contributed by atoms with E-state index < -0.39 is 0 Å². The number of aryl methyl sites for hydroxylation is 2. The Labute approximate surface area is 205 Å². The van der Waals surface area contributed by atoms with Crippen molar-refractivity contribution in [2.45, 2.75) is 19.0 Å². The minimum atomic E-state index is -0.189. The van der Waals surface area contributed by atoms with E-state index in [0.717, 1.165) is 22.3 Å². The third kappa shape index (κ3) is 4.18. The van der Waals surface area contributed by atoms with E-state index in [1.165, 1.54) is 11.8 Å². The molecular formula is C27H21N5O2S. The number of H-pyrrole nitrogens is 1. The molecule has 0 fully saturated rings. The number of hydrogen-bond acceptors (Lipinski definition) is 6. The molecule has 5 rings (SSSR count). The number of aromatic amines is 1. The second-order valence-electron chi connectivity index (χ2n) is 8.17. The highest BCUT2D eigenvalue weighted by molar-refractivity contribution is 7.99. The molecule has 0 unspecified atom stereocenters. The maximum absolute atomic E-state index is 13.5. The van der Waals surface area contributed by atoms with E-state index in [1.807, 2.05) is 68.4 Å². The Morgan fingerprint density at radius 3 is 2.54 bits per heavy atom. The lowest BCUT2D eigenvalue weighted by molar-refractivity contribution is 0.420. The molecule has 2 heterocycles. The van der Waals surface area contributed by atoms with Crippen LogP contribution in [-0.2, 0) is 0 Å². The van der Waals surface area contributed by atoms with Crippen LogP contribution in [0.2, 0.25) is 0 Å². The number of hydrogen-bond donors (Lipinski definition) is 2. The molecule has 7 nitrogen and oxygen atoms in total. The third-order valence-corrected chi connectivity index (χ3v) is 6.65. The molecular weight excluding hydrogens is 458 g/mol. The summed E-state index contributed by atoms with van der Waals surface area (Å²) in [6, 6.07) is 22.5. The fraction of sp³-hybridized carbons (Fsp3) is 0.111. The monoisotopic (exact) mass is 479 g/mol. The van der Waals surface area contributed by atoms with Gasteiger partial charge in [0.1, 0.15) is 17.4 Å². The van der Waals surface area contributed by atoms with Gasteiger partial charge in [-0.1, -0.05) is 53.7 Å². The quantitative estimate of drug-likeness (QED) is 0.150. The summed E-state index contributed by atoms with van der Waals surface area (Å²) in [6.45, 7) is 3.95. The lowest BCUT2D eigenvalue weighted by Crippen LogP contribution is -2.22. The summed E-state index contributed by atoms with van der Waals surface area (Å²) in [4.78, 5) is 25.7. The molecule has 35 heavy (non-hydrogen) atoms. The number of aromatic nitrogens is 4. The maximum Gasteiger partial charge on any atom is 0.266 e. The molecule has 2 N–H and O–H groups in total. The molecule has 0 saturated carbocycles. The normalized spacial score (nSPS) is 12.0. The van der Waals surface area contributed by atoms with Crippen LogP contribution in [-0.4, -0.2) is 30.4 Å². The van der Waals surface area contributed by atoms with Gasteiger partial charge in [-0.05, 0) is 49.7 Å². The third-order valence-electron chi connectivity index (χ3n) is 5.70. The largest absolute Gasteiger partial charge is 0.510 e. The summed E-state index contributed by atoms with van der Waals surface area (Å²) in [5, 5.41) is 21.5. The van der Waals surface area contributed by atoms with E-state index in [0.29, 0.717) is 27.4 Å². The Kier molecular flexibility index (Phi) is 5.85. The molecule has 0 atom stereocenters. The first-order valence-electron chi connectivity index (χ1n) is 11.0. The standard InChI is InChI=1S/C27H21N5O2S/c1-16-11-12-23(17(2)13-16)32-26(34)18-7-3-4-8-20(18)31-27(32)35-15-24(33)19(14-28)25-29-21-9-5-6-10-22(21)30-25/h3-13,33H,15H2,1-2H3,(H,29,30)/b24-19-. The summed E-state index contributed by atoms with van der Waals surface area (Å²) in [7, 11) is 0. The van der Waals surface area contributed by atoms with Crippen LogP contribution in [0.3, 0.4) is 0 Å². The van der Waals surface area contributed by atoms with Crippen LogP contribution in [0.25, 0.3) is 33.2 Å². The minimum absolute atomic E-state index is 0.0373. The predicted octanol–water partition coefficient (Wildman–Crippen LogP) is 5.46. The Bertz CT molecular complexity index is 1690. The number of aliphatic hydroxyl groups excluding tert-OH is 1. The van der Waals surface area contributed by atoms with Crippen molar-refractivity contribution in [2.24, 2.45) is 0 Å². The summed E-state index contributed by atoms with van der Waals surface area (Å²) in [6.07, 6.45) is 0. The highest BCUT2D eigenvalue weighted by Crippen LogP contribution is 2.27. The molecule has 0 amide bonds. The Morgan fingerprint density at radius 1 is 1.06 bits per heavy atom. The van der Waals surface area contributed by atoms with Gasteiger partial charge in [0, 0.05) is 0 Å². The van der Waals surface area contributed by atoms with Crippen molar-refractivity contribution >= 4 is 39.3 Å². The number of imidazole rings is 1. The van der Waals surface area contributed by atoms with Crippen molar-refractivity contribution in [1.29, 1.82) is 5.26 Å². The van der Waals surface area contributed by atoms with Crippen LogP contribution in [0, 0.1) is 25.2 Å². The second-order valence-corrected chi connectivity index (χ2v) is 9.11. The van der Waals surface area contributed by atoms with E-state index in [-0.39, 0.29) is 22.6 Å². The topological polar surface area (TPSA) is 108 Å². The van der Waals surface area contributed by atoms with Crippen molar-refractivity contribution in [1.82, 2.24) is 19.5 Å². The predicted molar refractivity (Wildman–Crippen MR) is 139 cm³/mol. The van der Waals surface area contributed by atoms with Gasteiger partial charge in [-0.25, -0.2) is 9.97 Å². The lowest BCUT2D eigenvalue weighted by Gasteiger charge is -2.15. The zero-order valence-corrected chi connectivity index (χ0v) is 19.9. The van der Waals surface area contributed by atoms with Crippen molar-refractivity contribution in [3.63, 3.8) is 0 Å². The molecule has 0 aliphatic carbocycles. The minimum Gasteiger partial charge on any atom is -0.510 e. The number of para-hydroxylation sites is 3. The SMILES string of the molecule is Cc1ccc(-n2c(SC/C(O)=C(\C#N)c3nc4ccccc4[nH]3)nc3ccccc3c2=O)c(C)c1. The number of aliphatic hydroxyl groups is 1. The molecule has 0 saturated heterocycles. The molecule has 8 heteroatoms. The maximum atomic E-state index is 13.5. The molecule has 0 radical (unpaired) electrons. The average molecular weight is 480 g/mol. The van der Waals surface area contributed by atoms with Crippen molar-refractivity contribution in [3.8, 4) is 11.8 Å². The van der Waals surface area contributed by atoms with Crippen molar-refractivity contribution in [2.75, 3.05) is 5.75 Å². The van der Waals surface area contributed by atoms with Gasteiger partial charge < -0.3 is 10.1 Å². The summed E-state index contributed by atoms with van der Waals surface area (Å²) in [5.74, 6) is 0.187. The first-order valence-corrected chi connectivity index (χ1v) is 11.9. The van der Waals surface area contributed by atoms with E-state index in [4.69, 9.17) is 4.98 Å². The number of nitrogens with one attached hydrogen (secondary N) is 1. The smallest absolute Gasteiger partial charge is 0.266 e. The number of benzene rings is 3. The number of rotatable bonds is 5. The van der Waals surface area contributed by atoms with E-state index in [2.05, 4.69) is 16.0 Å². The van der Waals surface area contributed by atoms with Gasteiger partial charge in [0.2, 0.25) is 0 Å². The zero-order chi connectivity index (χ0) is 24.5. The van der Waals surface area contributed by atoms with Gasteiger partial charge in [-0.15, -0.1) is 0 Å². The highest BCUT2D eigenvalue weighted by Gasteiger charge is 2.18. The van der Waals surface area contributed by atoms with Gasteiger partial charge in [0.15, 0.2) is 11.0 Å². The lowest BCUT2D eigenvalue weighted by atomic mass is 10.1. The van der Waals surface area contributed by atoms with Gasteiger partial charge in [-0.2, -0.15) is 5.26 Å². The zero-order valence-electron chi connectivity index (χ0n) is 19.1.